The average molecular weight is 510 g/mol. The van der Waals surface area contributed by atoms with Gasteiger partial charge in [0.2, 0.25) is 5.95 Å². The number of nitrogens with one attached hydrogen (secondary N) is 2. The molecule has 192 valence electrons. The molecular formula is C30H28FN5O2. The van der Waals surface area contributed by atoms with Crippen molar-refractivity contribution in [2.24, 2.45) is 0 Å². The van der Waals surface area contributed by atoms with E-state index in [1.165, 1.54) is 18.2 Å². The van der Waals surface area contributed by atoms with E-state index in [1.807, 2.05) is 36.4 Å². The Bertz CT molecular complexity index is 1450. The first-order valence-corrected chi connectivity index (χ1v) is 12.4. The van der Waals surface area contributed by atoms with Crippen LogP contribution >= 0.6 is 0 Å². The third-order valence-electron chi connectivity index (χ3n) is 6.13. The van der Waals surface area contributed by atoms with Gasteiger partial charge in [-0.1, -0.05) is 36.9 Å². The zero-order valence-corrected chi connectivity index (χ0v) is 20.9. The lowest BCUT2D eigenvalue weighted by Crippen LogP contribution is -2.36. The number of ether oxygens (including phenoxy) is 1. The molecule has 0 aliphatic carbocycles. The quantitative estimate of drug-likeness (QED) is 0.272. The number of aromatic nitrogens is 2. The predicted molar refractivity (Wildman–Crippen MR) is 149 cm³/mol. The van der Waals surface area contributed by atoms with Crippen LogP contribution in [0.25, 0.3) is 11.3 Å². The van der Waals surface area contributed by atoms with Gasteiger partial charge in [-0.3, -0.25) is 4.79 Å². The molecule has 8 heteroatoms. The minimum absolute atomic E-state index is 0.0548. The van der Waals surface area contributed by atoms with Gasteiger partial charge in [0.25, 0.3) is 0 Å². The molecule has 1 aromatic heterocycles. The van der Waals surface area contributed by atoms with Crippen LogP contribution in [-0.4, -0.2) is 42.1 Å². The SMILES string of the molecule is C=CC(=O)Cc1cccc(-c2cc(Nc3cccc(F)c3)nc(Nc3cccc(N4CCOCC4)c3)n2)c1. The molecule has 1 saturated heterocycles. The highest BCUT2D eigenvalue weighted by molar-refractivity contribution is 5.91. The van der Waals surface area contributed by atoms with Crippen LogP contribution in [0.1, 0.15) is 5.56 Å². The molecule has 0 radical (unpaired) electrons. The fourth-order valence-electron chi connectivity index (χ4n) is 4.27. The Morgan fingerprint density at radius 1 is 0.947 bits per heavy atom. The maximum atomic E-state index is 13.8. The number of hydrogen-bond donors (Lipinski definition) is 2. The number of anilines is 5. The molecule has 0 atom stereocenters. The summed E-state index contributed by atoms with van der Waals surface area (Å²) in [5.41, 5.74) is 4.84. The molecule has 1 fully saturated rings. The smallest absolute Gasteiger partial charge is 0.229 e. The van der Waals surface area contributed by atoms with Crippen LogP contribution in [0.3, 0.4) is 0 Å². The summed E-state index contributed by atoms with van der Waals surface area (Å²) < 4.78 is 19.3. The summed E-state index contributed by atoms with van der Waals surface area (Å²) in [5.74, 6) is 0.482. The van der Waals surface area contributed by atoms with Crippen LogP contribution in [0.2, 0.25) is 0 Å². The molecule has 2 heterocycles. The third-order valence-corrected chi connectivity index (χ3v) is 6.13. The molecule has 2 N–H and O–H groups in total. The first-order chi connectivity index (χ1) is 18.6. The molecule has 4 aromatic rings. The third kappa shape index (κ3) is 6.41. The van der Waals surface area contributed by atoms with Gasteiger partial charge >= 0.3 is 0 Å². The first kappa shape index (κ1) is 25.1. The van der Waals surface area contributed by atoms with Crippen LogP contribution < -0.4 is 15.5 Å². The highest BCUT2D eigenvalue weighted by Gasteiger charge is 2.13. The normalized spacial score (nSPS) is 13.1. The number of rotatable bonds is 9. The Kier molecular flexibility index (Phi) is 7.70. The van der Waals surface area contributed by atoms with Crippen molar-refractivity contribution in [3.63, 3.8) is 0 Å². The first-order valence-electron chi connectivity index (χ1n) is 12.4. The van der Waals surface area contributed by atoms with Crippen molar-refractivity contribution in [1.82, 2.24) is 9.97 Å². The number of benzene rings is 3. The van der Waals surface area contributed by atoms with Crippen LogP contribution in [-0.2, 0) is 16.0 Å². The van der Waals surface area contributed by atoms with Crippen molar-refractivity contribution in [2.45, 2.75) is 6.42 Å². The molecular weight excluding hydrogens is 481 g/mol. The Labute approximate surface area is 221 Å². The van der Waals surface area contributed by atoms with Gasteiger partial charge in [0.1, 0.15) is 11.6 Å². The largest absolute Gasteiger partial charge is 0.378 e. The van der Waals surface area contributed by atoms with Crippen LogP contribution in [0.4, 0.5) is 33.2 Å². The maximum absolute atomic E-state index is 13.8. The fourth-order valence-corrected chi connectivity index (χ4v) is 4.27. The number of nitrogens with zero attached hydrogens (tertiary/aromatic N) is 3. The molecule has 0 bridgehead atoms. The van der Waals surface area contributed by atoms with E-state index in [4.69, 9.17) is 9.72 Å². The highest BCUT2D eigenvalue weighted by Crippen LogP contribution is 2.28. The number of allylic oxidation sites excluding steroid dienone is 1. The van der Waals surface area contributed by atoms with Crippen LogP contribution in [0.5, 0.6) is 0 Å². The second-order valence-corrected chi connectivity index (χ2v) is 8.92. The fraction of sp³-hybridized carbons (Fsp3) is 0.167. The molecule has 3 aromatic carbocycles. The van der Waals surface area contributed by atoms with Gasteiger partial charge in [0.15, 0.2) is 5.78 Å². The summed E-state index contributed by atoms with van der Waals surface area (Å²) in [4.78, 5) is 23.6. The second kappa shape index (κ2) is 11.7. The van der Waals surface area contributed by atoms with E-state index in [0.29, 0.717) is 36.4 Å². The number of carbonyl (C=O) groups is 1. The van der Waals surface area contributed by atoms with Gasteiger partial charge in [-0.05, 0) is 54.1 Å². The lowest BCUT2D eigenvalue weighted by Gasteiger charge is -2.29. The minimum Gasteiger partial charge on any atom is -0.378 e. The molecule has 0 saturated carbocycles. The topological polar surface area (TPSA) is 79.4 Å². The molecule has 1 aliphatic heterocycles. The molecule has 5 rings (SSSR count). The van der Waals surface area contributed by atoms with Gasteiger partial charge < -0.3 is 20.3 Å². The lowest BCUT2D eigenvalue weighted by molar-refractivity contribution is -0.114. The van der Waals surface area contributed by atoms with E-state index in [0.717, 1.165) is 35.6 Å². The standard InChI is InChI=1S/C30H28FN5O2/c1-2-27(37)17-21-6-3-7-22(16-21)28-20-29(32-24-9-4-8-23(31)18-24)35-30(34-28)33-25-10-5-11-26(19-25)36-12-14-38-15-13-36/h2-11,16,18-20H,1,12-15,17H2,(H2,32,33,34,35). The summed E-state index contributed by atoms with van der Waals surface area (Å²) in [5, 5.41) is 6.51. The number of hydrogen-bond acceptors (Lipinski definition) is 7. The summed E-state index contributed by atoms with van der Waals surface area (Å²) in [6, 6.07) is 23.7. The zero-order valence-electron chi connectivity index (χ0n) is 20.9. The zero-order chi connectivity index (χ0) is 26.3. The van der Waals surface area contributed by atoms with E-state index >= 15 is 0 Å². The summed E-state index contributed by atoms with van der Waals surface area (Å²) in [7, 11) is 0. The van der Waals surface area contributed by atoms with Gasteiger partial charge in [0, 0.05) is 48.2 Å². The number of halogens is 1. The molecule has 38 heavy (non-hydrogen) atoms. The predicted octanol–water partition coefficient (Wildman–Crippen LogP) is 5.90. The molecule has 0 unspecified atom stereocenters. The van der Waals surface area contributed by atoms with Crippen molar-refractivity contribution in [3.8, 4) is 11.3 Å². The van der Waals surface area contributed by atoms with Crippen LogP contribution in [0, 0.1) is 5.82 Å². The van der Waals surface area contributed by atoms with Crippen molar-refractivity contribution in [2.75, 3.05) is 41.8 Å². The van der Waals surface area contributed by atoms with E-state index in [-0.39, 0.29) is 18.0 Å². The summed E-state index contributed by atoms with van der Waals surface area (Å²) in [6.07, 6.45) is 1.59. The Balaban J connectivity index is 1.48. The monoisotopic (exact) mass is 509 g/mol. The second-order valence-electron chi connectivity index (χ2n) is 8.92. The Morgan fingerprint density at radius 3 is 2.50 bits per heavy atom. The Hall–Kier alpha value is -4.56. The van der Waals surface area contributed by atoms with Gasteiger partial charge in [-0.25, -0.2) is 9.37 Å². The van der Waals surface area contributed by atoms with E-state index in [2.05, 4.69) is 39.2 Å². The minimum atomic E-state index is -0.345. The maximum Gasteiger partial charge on any atom is 0.229 e. The van der Waals surface area contributed by atoms with Crippen molar-refractivity contribution >= 4 is 34.6 Å². The molecule has 0 amide bonds. The number of carbonyl (C=O) groups excluding carboxylic acids is 1. The van der Waals surface area contributed by atoms with Crippen LogP contribution in [0.15, 0.2) is 91.5 Å². The van der Waals surface area contributed by atoms with E-state index < -0.39 is 0 Å². The molecule has 0 spiro atoms. The van der Waals surface area contributed by atoms with Crippen molar-refractivity contribution < 1.29 is 13.9 Å². The van der Waals surface area contributed by atoms with Crippen molar-refractivity contribution in [1.29, 1.82) is 0 Å². The number of ketones is 1. The highest BCUT2D eigenvalue weighted by atomic mass is 19.1. The lowest BCUT2D eigenvalue weighted by atomic mass is 10.0. The molecule has 7 nitrogen and oxygen atoms in total. The van der Waals surface area contributed by atoms with Gasteiger partial charge in [-0.15, -0.1) is 0 Å². The summed E-state index contributed by atoms with van der Waals surface area (Å²) >= 11 is 0. The number of morpholine rings is 1. The van der Waals surface area contributed by atoms with Gasteiger partial charge in [-0.2, -0.15) is 4.98 Å². The van der Waals surface area contributed by atoms with E-state index in [1.54, 1.807) is 18.2 Å². The van der Waals surface area contributed by atoms with E-state index in [9.17, 15) is 9.18 Å². The summed E-state index contributed by atoms with van der Waals surface area (Å²) in [6.45, 7) is 6.64. The average Bonchev–Trinajstić information content (AvgIpc) is 2.94. The Morgan fingerprint density at radius 2 is 1.71 bits per heavy atom. The molecule has 1 aliphatic rings. The van der Waals surface area contributed by atoms with Crippen molar-refractivity contribution in [3.05, 3.63) is 103 Å². The van der Waals surface area contributed by atoms with Gasteiger partial charge in [0.05, 0.1) is 18.9 Å².